The van der Waals surface area contributed by atoms with Crippen LogP contribution in [0.2, 0.25) is 10.0 Å². The van der Waals surface area contributed by atoms with E-state index in [0.29, 0.717) is 33.5 Å². The Balaban J connectivity index is 1.20. The number of benzene rings is 4. The highest BCUT2D eigenvalue weighted by molar-refractivity contribution is 7.92. The van der Waals surface area contributed by atoms with Crippen LogP contribution in [0.5, 0.6) is 0 Å². The highest BCUT2D eigenvalue weighted by atomic mass is 35.5. The monoisotopic (exact) mass is 671 g/mol. The first-order valence-electron chi connectivity index (χ1n) is 15.0. The summed E-state index contributed by atoms with van der Waals surface area (Å²) in [6.45, 7) is 4.24. The molecule has 8 nitrogen and oxygen atoms in total. The third-order valence-electron chi connectivity index (χ3n) is 8.51. The summed E-state index contributed by atoms with van der Waals surface area (Å²) < 4.78 is 30.1. The zero-order chi connectivity index (χ0) is 32.0. The van der Waals surface area contributed by atoms with Crippen molar-refractivity contribution in [3.05, 3.63) is 119 Å². The predicted octanol–water partition coefficient (Wildman–Crippen LogP) is 7.13. The van der Waals surface area contributed by atoms with Gasteiger partial charge < -0.3 is 9.47 Å². The maximum Gasteiger partial charge on any atom is 0.326 e. The van der Waals surface area contributed by atoms with Crippen LogP contribution in [0.4, 0.5) is 11.4 Å². The highest BCUT2D eigenvalue weighted by Gasteiger charge is 2.34. The summed E-state index contributed by atoms with van der Waals surface area (Å²) in [5.74, 6) is 0.887. The van der Waals surface area contributed by atoms with Crippen LogP contribution < -0.4 is 13.9 Å². The lowest BCUT2D eigenvalue weighted by Gasteiger charge is -2.18. The molecule has 7 rings (SSSR count). The molecule has 5 aromatic rings. The van der Waals surface area contributed by atoms with Crippen molar-refractivity contribution in [3.8, 4) is 28.1 Å². The van der Waals surface area contributed by atoms with Gasteiger partial charge in [-0.1, -0.05) is 72.6 Å². The van der Waals surface area contributed by atoms with E-state index in [4.69, 9.17) is 28.2 Å². The first kappa shape index (κ1) is 30.3. The number of carbonyl (C=O) groups is 1. The Morgan fingerprint density at radius 1 is 0.891 bits per heavy atom. The summed E-state index contributed by atoms with van der Waals surface area (Å²) in [7, 11) is -3.95. The first-order chi connectivity index (χ1) is 22.1. The molecule has 0 unspecified atom stereocenters. The molecule has 1 aromatic heterocycles. The molecule has 0 aliphatic carbocycles. The van der Waals surface area contributed by atoms with Gasteiger partial charge in [-0.15, -0.1) is 0 Å². The number of hydrogen-bond acceptors (Lipinski definition) is 5. The molecule has 0 radical (unpaired) electrons. The minimum atomic E-state index is -3.95. The largest absolute Gasteiger partial charge is 0.371 e. The number of carbonyl (C=O) groups excluding carboxylic acids is 1. The highest BCUT2D eigenvalue weighted by Crippen LogP contribution is 2.33. The molecule has 2 fully saturated rings. The third-order valence-corrected chi connectivity index (χ3v) is 10.5. The normalized spacial score (nSPS) is 17.5. The topological polar surface area (TPSA) is 87.5 Å². The number of rotatable bonds is 7. The van der Waals surface area contributed by atoms with Crippen molar-refractivity contribution < 1.29 is 13.2 Å². The fourth-order valence-corrected chi connectivity index (χ4v) is 7.75. The van der Waals surface area contributed by atoms with Crippen LogP contribution in [0.25, 0.3) is 28.1 Å². The fourth-order valence-electron chi connectivity index (χ4n) is 6.10. The van der Waals surface area contributed by atoms with E-state index in [2.05, 4.69) is 60.4 Å². The molecule has 11 heteroatoms. The fraction of sp³-hybridized carbons (Fsp3) is 0.200. The SMILES string of the molecule is C[C@@H]1CCN(c2ccc(-c3ccc(Cc4nc(-c5ccc(Cl)cc5Cl)cn4-c4cccc(N5CC(=O)NS5(=O)=O)c4)cc3)cc2)C1. The van der Waals surface area contributed by atoms with Crippen molar-refractivity contribution in [3.63, 3.8) is 0 Å². The van der Waals surface area contributed by atoms with E-state index in [1.165, 1.54) is 12.1 Å². The molecular weight excluding hydrogens is 641 g/mol. The van der Waals surface area contributed by atoms with E-state index >= 15 is 0 Å². The van der Waals surface area contributed by atoms with Crippen LogP contribution in [0.15, 0.2) is 97.2 Å². The lowest BCUT2D eigenvalue weighted by Crippen LogP contribution is -2.29. The van der Waals surface area contributed by atoms with Crippen molar-refractivity contribution in [2.24, 2.45) is 5.92 Å². The summed E-state index contributed by atoms with van der Waals surface area (Å²) in [5.41, 5.74) is 7.04. The molecule has 1 atom stereocenters. The van der Waals surface area contributed by atoms with Crippen molar-refractivity contribution in [1.82, 2.24) is 14.3 Å². The van der Waals surface area contributed by atoms with Gasteiger partial charge in [0.2, 0.25) is 0 Å². The zero-order valence-corrected chi connectivity index (χ0v) is 27.4. The third kappa shape index (κ3) is 6.10. The van der Waals surface area contributed by atoms with E-state index in [9.17, 15) is 13.2 Å². The summed E-state index contributed by atoms with van der Waals surface area (Å²) in [6.07, 6.45) is 3.62. The molecule has 1 amide bonds. The van der Waals surface area contributed by atoms with Gasteiger partial charge in [0.15, 0.2) is 0 Å². The summed E-state index contributed by atoms with van der Waals surface area (Å²) in [5, 5.41) is 0.997. The molecule has 0 saturated carbocycles. The van der Waals surface area contributed by atoms with E-state index in [1.807, 2.05) is 27.6 Å². The van der Waals surface area contributed by atoms with Crippen LogP contribution in [-0.2, 0) is 21.4 Å². The molecule has 234 valence electrons. The number of aromatic nitrogens is 2. The second kappa shape index (κ2) is 12.1. The smallest absolute Gasteiger partial charge is 0.326 e. The van der Waals surface area contributed by atoms with Gasteiger partial charge >= 0.3 is 10.2 Å². The maximum absolute atomic E-state index is 12.5. The number of anilines is 2. The molecule has 1 N–H and O–H groups in total. The van der Waals surface area contributed by atoms with E-state index in [-0.39, 0.29) is 6.54 Å². The van der Waals surface area contributed by atoms with Crippen molar-refractivity contribution >= 4 is 50.7 Å². The summed E-state index contributed by atoms with van der Waals surface area (Å²) >= 11 is 12.7. The maximum atomic E-state index is 12.5. The van der Waals surface area contributed by atoms with Crippen LogP contribution in [0.1, 0.15) is 24.7 Å². The van der Waals surface area contributed by atoms with Gasteiger partial charge in [0.1, 0.15) is 12.4 Å². The minimum absolute atomic E-state index is 0.277. The Morgan fingerprint density at radius 2 is 1.61 bits per heavy atom. The van der Waals surface area contributed by atoms with Crippen molar-refractivity contribution in [1.29, 1.82) is 0 Å². The van der Waals surface area contributed by atoms with E-state index < -0.39 is 16.1 Å². The Labute approximate surface area is 278 Å². The van der Waals surface area contributed by atoms with Crippen LogP contribution >= 0.6 is 23.2 Å². The number of nitrogens with one attached hydrogen (secondary N) is 1. The van der Waals surface area contributed by atoms with Gasteiger partial charge in [-0.25, -0.2) is 14.0 Å². The van der Waals surface area contributed by atoms with Crippen molar-refractivity contribution in [2.45, 2.75) is 19.8 Å². The molecule has 2 aliphatic rings. The van der Waals surface area contributed by atoms with Gasteiger partial charge in [-0.2, -0.15) is 8.42 Å². The lowest BCUT2D eigenvalue weighted by molar-refractivity contribution is -0.117. The molecule has 46 heavy (non-hydrogen) atoms. The first-order valence-corrected chi connectivity index (χ1v) is 17.2. The summed E-state index contributed by atoms with van der Waals surface area (Å²) in [4.78, 5) is 19.3. The molecule has 4 aromatic carbocycles. The summed E-state index contributed by atoms with van der Waals surface area (Å²) in [6, 6.07) is 29.5. The second-order valence-electron chi connectivity index (χ2n) is 11.9. The van der Waals surface area contributed by atoms with Gasteiger partial charge in [0, 0.05) is 47.7 Å². The lowest BCUT2D eigenvalue weighted by atomic mass is 10.0. The molecule has 3 heterocycles. The quantitative estimate of drug-likeness (QED) is 0.199. The second-order valence-corrected chi connectivity index (χ2v) is 14.3. The number of imidazole rings is 1. The molecular formula is C35H31Cl2N5O3S. The number of amides is 1. The average Bonchev–Trinajstić information content (AvgIpc) is 3.73. The van der Waals surface area contributed by atoms with Crippen LogP contribution in [0.3, 0.4) is 0 Å². The van der Waals surface area contributed by atoms with E-state index in [0.717, 1.165) is 51.4 Å². The number of halogens is 2. The molecule has 2 saturated heterocycles. The zero-order valence-electron chi connectivity index (χ0n) is 25.0. The Bertz CT molecular complexity index is 2050. The minimum Gasteiger partial charge on any atom is -0.371 e. The van der Waals surface area contributed by atoms with Crippen molar-refractivity contribution in [2.75, 3.05) is 28.8 Å². The molecule has 0 bridgehead atoms. The van der Waals surface area contributed by atoms with Gasteiger partial charge in [0.25, 0.3) is 5.91 Å². The van der Waals surface area contributed by atoms with Gasteiger partial charge in [0.05, 0.1) is 16.4 Å². The van der Waals surface area contributed by atoms with Crippen LogP contribution in [0, 0.1) is 5.92 Å². The standard InChI is InChI=1S/C35H31Cl2N5O3S/c1-23-15-16-40(20-23)28-12-9-26(10-13-28)25-7-5-24(6-8-25)17-34-38-33(31-14-11-27(36)18-32(31)37)21-41(34)29-3-2-4-30(19-29)42-22-35(43)39-46(42,44)45/h2-14,18-19,21,23H,15-17,20,22H2,1H3,(H,39,43)/t23-/m1/s1. The van der Waals surface area contributed by atoms with Gasteiger partial charge in [-0.3, -0.25) is 4.79 Å². The Kier molecular flexibility index (Phi) is 8.00. The number of hydrogen-bond donors (Lipinski definition) is 1. The predicted molar refractivity (Wildman–Crippen MR) is 184 cm³/mol. The Morgan fingerprint density at radius 3 is 2.26 bits per heavy atom. The molecule has 0 spiro atoms. The Hall–Kier alpha value is -4.31. The molecule has 2 aliphatic heterocycles. The average molecular weight is 673 g/mol. The van der Waals surface area contributed by atoms with Crippen LogP contribution in [-0.4, -0.2) is 43.5 Å². The van der Waals surface area contributed by atoms with Gasteiger partial charge in [-0.05, 0) is 77.6 Å². The van der Waals surface area contributed by atoms with E-state index in [1.54, 1.807) is 30.3 Å². The number of nitrogens with zero attached hydrogens (tertiary/aromatic N) is 4.